The van der Waals surface area contributed by atoms with Gasteiger partial charge in [-0.25, -0.2) is 4.74 Å². The van der Waals surface area contributed by atoms with E-state index in [0.29, 0.717) is 0 Å². The molecule has 0 aliphatic carbocycles. The molecule has 0 saturated heterocycles. The second-order valence-corrected chi connectivity index (χ2v) is 5.72. The minimum absolute atomic E-state index is 1.29. The van der Waals surface area contributed by atoms with E-state index >= 15 is 0 Å². The number of hydrogen-bond donors (Lipinski definition) is 0. The van der Waals surface area contributed by atoms with Gasteiger partial charge in [-0.3, -0.25) is 4.18 Å². The summed E-state index contributed by atoms with van der Waals surface area (Å²) in [6.07, 6.45) is -20.0. The summed E-state index contributed by atoms with van der Waals surface area (Å²) in [6.45, 7) is -3.26. The fraction of sp³-hybridized carbons (Fsp3) is 1.00. The molecular formula is C7H2F14O4S. The molecule has 0 radical (unpaired) electrons. The molecule has 0 aromatic heterocycles. The van der Waals surface area contributed by atoms with Gasteiger partial charge in [0, 0.05) is 0 Å². The van der Waals surface area contributed by atoms with Crippen LogP contribution < -0.4 is 0 Å². The lowest BCUT2D eigenvalue weighted by atomic mass is 10.1. The third kappa shape index (κ3) is 4.78. The third-order valence-electron chi connectivity index (χ3n) is 2.06. The van der Waals surface area contributed by atoms with Gasteiger partial charge in [-0.15, -0.1) is 13.2 Å². The van der Waals surface area contributed by atoms with Gasteiger partial charge in [0.05, 0.1) is 0 Å². The molecule has 0 spiro atoms. The summed E-state index contributed by atoms with van der Waals surface area (Å²) in [6, 6.07) is 0. The van der Waals surface area contributed by atoms with E-state index in [4.69, 9.17) is 0 Å². The van der Waals surface area contributed by atoms with Crippen LogP contribution in [0.4, 0.5) is 61.5 Å². The predicted octanol–water partition coefficient (Wildman–Crippen LogP) is 3.89. The topological polar surface area (TPSA) is 52.6 Å². The fourth-order valence-corrected chi connectivity index (χ4v) is 1.83. The molecule has 0 bridgehead atoms. The Labute approximate surface area is 132 Å². The summed E-state index contributed by atoms with van der Waals surface area (Å²) in [5, 5.41) is -7.53. The van der Waals surface area contributed by atoms with Crippen molar-refractivity contribution in [3.63, 3.8) is 0 Å². The second-order valence-electron chi connectivity index (χ2n) is 4.06. The zero-order valence-corrected chi connectivity index (χ0v) is 11.9. The van der Waals surface area contributed by atoms with Gasteiger partial charge in [0.15, 0.2) is 6.61 Å². The zero-order chi connectivity index (χ0) is 21.6. The molecule has 0 aliphatic heterocycles. The van der Waals surface area contributed by atoms with Crippen LogP contribution in [-0.2, 0) is 19.0 Å². The van der Waals surface area contributed by atoms with Crippen LogP contribution in [0.3, 0.4) is 0 Å². The molecule has 0 N–H and O–H groups in total. The molecule has 0 unspecified atom stereocenters. The zero-order valence-electron chi connectivity index (χ0n) is 11.0. The molecule has 0 heterocycles. The molecule has 0 amide bonds. The Kier molecular flexibility index (Phi) is 6.22. The van der Waals surface area contributed by atoms with Crippen LogP contribution in [-0.4, -0.2) is 50.8 Å². The number of hydrogen-bond acceptors (Lipinski definition) is 4. The van der Waals surface area contributed by atoms with E-state index in [1.807, 2.05) is 0 Å². The van der Waals surface area contributed by atoms with Crippen LogP contribution in [0.25, 0.3) is 0 Å². The molecule has 0 aromatic rings. The smallest absolute Gasteiger partial charge is 0.256 e. The highest BCUT2D eigenvalue weighted by atomic mass is 32.2. The number of ether oxygens (including phenoxy) is 1. The molecule has 0 aromatic carbocycles. The molecule has 0 saturated carbocycles. The van der Waals surface area contributed by atoms with Gasteiger partial charge < -0.3 is 0 Å². The first-order valence-corrected chi connectivity index (χ1v) is 6.56. The number of alkyl halides is 14. The standard InChI is InChI=1S/C7H2F14O4S/c8-2(9,10)1-24-26(22,23)6(17,18)4(13,14)3(11,12)5(15,16)25-7(19,20)21/h1H2. The van der Waals surface area contributed by atoms with E-state index < -0.39 is 52.5 Å². The van der Waals surface area contributed by atoms with E-state index in [9.17, 15) is 69.9 Å². The molecule has 4 nitrogen and oxygen atoms in total. The lowest BCUT2D eigenvalue weighted by molar-refractivity contribution is -0.492. The normalized spacial score (nSPS) is 16.1. The number of rotatable bonds is 7. The highest BCUT2D eigenvalue weighted by molar-refractivity contribution is 7.87. The quantitative estimate of drug-likeness (QED) is 0.438. The molecule has 0 aliphatic rings. The van der Waals surface area contributed by atoms with Crippen molar-refractivity contribution in [1.29, 1.82) is 0 Å². The summed E-state index contributed by atoms with van der Waals surface area (Å²) in [5.41, 5.74) is 0. The molecular weight excluding hydrogens is 446 g/mol. The number of halogens is 14. The molecule has 0 rings (SSSR count). The molecule has 26 heavy (non-hydrogen) atoms. The third-order valence-corrected chi connectivity index (χ3v) is 3.37. The highest BCUT2D eigenvalue weighted by Gasteiger charge is 2.86. The van der Waals surface area contributed by atoms with Crippen LogP contribution in [0.2, 0.25) is 0 Å². The maximum atomic E-state index is 13.0. The van der Waals surface area contributed by atoms with Crippen LogP contribution in [0.1, 0.15) is 0 Å². The van der Waals surface area contributed by atoms with E-state index in [1.54, 1.807) is 0 Å². The van der Waals surface area contributed by atoms with Gasteiger partial charge in [0.2, 0.25) is 0 Å². The van der Waals surface area contributed by atoms with E-state index in [1.165, 1.54) is 4.74 Å². The summed E-state index contributed by atoms with van der Waals surface area (Å²) in [5.74, 6) is -15.8. The lowest BCUT2D eigenvalue weighted by Gasteiger charge is -2.35. The van der Waals surface area contributed by atoms with Crippen molar-refractivity contribution in [2.75, 3.05) is 6.61 Å². The molecule has 158 valence electrons. The van der Waals surface area contributed by atoms with Crippen molar-refractivity contribution < 1.29 is 78.8 Å². The fourth-order valence-electron chi connectivity index (χ4n) is 0.950. The average Bonchev–Trinajstić information content (AvgIpc) is 2.31. The van der Waals surface area contributed by atoms with Gasteiger partial charge in [0.1, 0.15) is 0 Å². The average molecular weight is 448 g/mol. The molecule has 19 heteroatoms. The van der Waals surface area contributed by atoms with Crippen LogP contribution >= 0.6 is 0 Å². The van der Waals surface area contributed by atoms with Crippen molar-refractivity contribution in [2.24, 2.45) is 0 Å². The summed E-state index contributed by atoms with van der Waals surface area (Å²) >= 11 is 0. The van der Waals surface area contributed by atoms with Crippen LogP contribution in [0.15, 0.2) is 0 Å². The van der Waals surface area contributed by atoms with Crippen molar-refractivity contribution in [2.45, 2.75) is 35.7 Å². The Balaban J connectivity index is 6.02. The maximum Gasteiger partial charge on any atom is 0.527 e. The van der Waals surface area contributed by atoms with Crippen LogP contribution in [0, 0.1) is 0 Å². The molecule has 0 fully saturated rings. The monoisotopic (exact) mass is 448 g/mol. The minimum Gasteiger partial charge on any atom is -0.256 e. The Morgan fingerprint density at radius 3 is 1.35 bits per heavy atom. The van der Waals surface area contributed by atoms with Crippen molar-refractivity contribution in [3.8, 4) is 0 Å². The second kappa shape index (κ2) is 6.50. The molecule has 0 atom stereocenters. The van der Waals surface area contributed by atoms with Gasteiger partial charge in [-0.05, 0) is 0 Å². The largest absolute Gasteiger partial charge is 0.527 e. The van der Waals surface area contributed by atoms with E-state index in [2.05, 4.69) is 4.18 Å². The predicted molar refractivity (Wildman–Crippen MR) is 47.9 cm³/mol. The summed E-state index contributed by atoms with van der Waals surface area (Å²) in [4.78, 5) is 0. The van der Waals surface area contributed by atoms with Gasteiger partial charge in [-0.2, -0.15) is 56.7 Å². The highest BCUT2D eigenvalue weighted by Crippen LogP contribution is 2.55. The van der Waals surface area contributed by atoms with Crippen molar-refractivity contribution >= 4 is 10.1 Å². The Hall–Kier alpha value is -1.11. The van der Waals surface area contributed by atoms with Crippen LogP contribution in [0.5, 0.6) is 0 Å². The Morgan fingerprint density at radius 1 is 0.654 bits per heavy atom. The van der Waals surface area contributed by atoms with E-state index in [-0.39, 0.29) is 0 Å². The van der Waals surface area contributed by atoms with Gasteiger partial charge in [-0.1, -0.05) is 0 Å². The first kappa shape index (κ1) is 24.9. The van der Waals surface area contributed by atoms with Crippen molar-refractivity contribution in [3.05, 3.63) is 0 Å². The lowest BCUT2D eigenvalue weighted by Crippen LogP contribution is -2.65. The minimum atomic E-state index is -7.92. The Morgan fingerprint density at radius 2 is 1.04 bits per heavy atom. The first-order valence-electron chi connectivity index (χ1n) is 5.15. The van der Waals surface area contributed by atoms with Crippen molar-refractivity contribution in [1.82, 2.24) is 0 Å². The van der Waals surface area contributed by atoms with E-state index in [0.717, 1.165) is 0 Å². The van der Waals surface area contributed by atoms with Gasteiger partial charge >= 0.3 is 45.9 Å². The maximum absolute atomic E-state index is 13.0. The first-order chi connectivity index (χ1) is 10.9. The Bertz CT molecular complexity index is 602. The SMILES string of the molecule is O=S(=O)(OCC(F)(F)F)C(F)(F)C(F)(F)C(F)(F)C(F)(F)OC(F)(F)F. The summed E-state index contributed by atoms with van der Waals surface area (Å²) < 4.78 is 197. The van der Waals surface area contributed by atoms with Gasteiger partial charge in [0.25, 0.3) is 0 Å². The summed E-state index contributed by atoms with van der Waals surface area (Å²) in [7, 11) is -7.69.